The topological polar surface area (TPSA) is 36.4 Å². The number of aliphatic hydroxyl groups is 1. The summed E-state index contributed by atoms with van der Waals surface area (Å²) in [5, 5.41) is 9.58. The Morgan fingerprint density at radius 1 is 1.41 bits per heavy atom. The summed E-state index contributed by atoms with van der Waals surface area (Å²) in [6, 6.07) is 3.89. The first-order valence-electron chi connectivity index (χ1n) is 6.47. The Morgan fingerprint density at radius 2 is 2.18 bits per heavy atom. The summed E-state index contributed by atoms with van der Waals surface area (Å²) in [5.41, 5.74) is 0.947. The Morgan fingerprint density at radius 3 is 2.76 bits per heavy atom. The highest BCUT2D eigenvalue weighted by Crippen LogP contribution is 2.28. The lowest BCUT2D eigenvalue weighted by atomic mass is 9.95. The molecule has 1 fully saturated rings. The van der Waals surface area contributed by atoms with Crippen molar-refractivity contribution in [3.63, 3.8) is 0 Å². The normalized spacial score (nSPS) is 22.2. The van der Waals surface area contributed by atoms with E-state index in [9.17, 15) is 5.11 Å². The van der Waals surface area contributed by atoms with Crippen LogP contribution in [-0.4, -0.2) is 23.2 Å². The number of pyridine rings is 1. The van der Waals surface area contributed by atoms with E-state index in [1.165, 1.54) is 6.42 Å². The van der Waals surface area contributed by atoms with Crippen molar-refractivity contribution in [3.05, 3.63) is 23.9 Å². The van der Waals surface area contributed by atoms with Gasteiger partial charge in [0, 0.05) is 19.3 Å². The molecule has 0 amide bonds. The average Bonchev–Trinajstić information content (AvgIpc) is 2.78. The number of hydrogen-bond acceptors (Lipinski definition) is 3. The molecule has 2 heterocycles. The van der Waals surface area contributed by atoms with Crippen LogP contribution in [0.15, 0.2) is 18.3 Å². The van der Waals surface area contributed by atoms with Crippen molar-refractivity contribution in [2.45, 2.75) is 33.3 Å². The van der Waals surface area contributed by atoms with Gasteiger partial charge in [0.05, 0.1) is 6.10 Å². The van der Waals surface area contributed by atoms with Crippen molar-refractivity contribution >= 4 is 5.82 Å². The summed E-state index contributed by atoms with van der Waals surface area (Å²) in [7, 11) is 0. The molecule has 0 aliphatic carbocycles. The standard InChI is InChI=1S/C14H22N2O/c1-10(2)13-5-7-16(9-13)14-8-12(11(3)17)4-6-15-14/h4,6,8,10-11,13,17H,5,7,9H2,1-3H3/t11-,13?/m0/s1. The first-order valence-corrected chi connectivity index (χ1v) is 6.47. The third-order valence-corrected chi connectivity index (χ3v) is 3.74. The molecule has 17 heavy (non-hydrogen) atoms. The number of hydrogen-bond donors (Lipinski definition) is 1. The van der Waals surface area contributed by atoms with Crippen molar-refractivity contribution in [2.24, 2.45) is 11.8 Å². The third kappa shape index (κ3) is 2.78. The van der Waals surface area contributed by atoms with Crippen LogP contribution in [0, 0.1) is 11.8 Å². The Labute approximate surface area is 103 Å². The molecule has 0 radical (unpaired) electrons. The number of aliphatic hydroxyl groups excluding tert-OH is 1. The summed E-state index contributed by atoms with van der Waals surface area (Å²) < 4.78 is 0. The summed E-state index contributed by atoms with van der Waals surface area (Å²) >= 11 is 0. The van der Waals surface area contributed by atoms with Gasteiger partial charge in [-0.05, 0) is 42.9 Å². The van der Waals surface area contributed by atoms with Crippen molar-refractivity contribution in [2.75, 3.05) is 18.0 Å². The van der Waals surface area contributed by atoms with E-state index < -0.39 is 6.10 Å². The fourth-order valence-electron chi connectivity index (χ4n) is 2.41. The number of nitrogens with zero attached hydrogens (tertiary/aromatic N) is 2. The summed E-state index contributed by atoms with van der Waals surface area (Å²) in [6.07, 6.45) is 2.62. The van der Waals surface area contributed by atoms with Crippen molar-refractivity contribution < 1.29 is 5.11 Å². The predicted molar refractivity (Wildman–Crippen MR) is 70.0 cm³/mol. The summed E-state index contributed by atoms with van der Waals surface area (Å²) in [6.45, 7) is 8.54. The van der Waals surface area contributed by atoms with Crippen molar-refractivity contribution in [1.82, 2.24) is 4.98 Å². The zero-order chi connectivity index (χ0) is 12.4. The fourth-order valence-corrected chi connectivity index (χ4v) is 2.41. The highest BCUT2D eigenvalue weighted by atomic mass is 16.3. The molecule has 0 spiro atoms. The molecule has 0 saturated carbocycles. The molecule has 3 heteroatoms. The second-order valence-electron chi connectivity index (χ2n) is 5.36. The van der Waals surface area contributed by atoms with Crippen LogP contribution in [0.1, 0.15) is 38.9 Å². The molecule has 1 aliphatic heterocycles. The third-order valence-electron chi connectivity index (χ3n) is 3.74. The maximum absolute atomic E-state index is 9.58. The smallest absolute Gasteiger partial charge is 0.128 e. The minimum absolute atomic E-state index is 0.416. The van der Waals surface area contributed by atoms with Gasteiger partial charge in [-0.2, -0.15) is 0 Å². The van der Waals surface area contributed by atoms with E-state index >= 15 is 0 Å². The molecule has 1 aromatic rings. The molecule has 2 atom stereocenters. The highest BCUT2D eigenvalue weighted by molar-refractivity contribution is 5.42. The van der Waals surface area contributed by atoms with Gasteiger partial charge in [-0.3, -0.25) is 0 Å². The van der Waals surface area contributed by atoms with Crippen molar-refractivity contribution in [3.8, 4) is 0 Å². The predicted octanol–water partition coefficient (Wildman–Crippen LogP) is 2.62. The van der Waals surface area contributed by atoms with Gasteiger partial charge in [0.1, 0.15) is 5.82 Å². The van der Waals surface area contributed by atoms with Gasteiger partial charge in [-0.25, -0.2) is 4.98 Å². The molecule has 1 aromatic heterocycles. The van der Waals surface area contributed by atoms with Gasteiger partial charge in [-0.15, -0.1) is 0 Å². The van der Waals surface area contributed by atoms with E-state index in [1.54, 1.807) is 13.1 Å². The molecular formula is C14H22N2O. The molecule has 1 saturated heterocycles. The zero-order valence-corrected chi connectivity index (χ0v) is 10.9. The molecular weight excluding hydrogens is 212 g/mol. The zero-order valence-electron chi connectivity index (χ0n) is 10.9. The van der Waals surface area contributed by atoms with Crippen LogP contribution in [0.2, 0.25) is 0 Å². The van der Waals surface area contributed by atoms with Gasteiger partial charge in [-0.1, -0.05) is 13.8 Å². The van der Waals surface area contributed by atoms with Gasteiger partial charge in [0.15, 0.2) is 0 Å². The Kier molecular flexibility index (Phi) is 3.67. The number of rotatable bonds is 3. The number of anilines is 1. The second kappa shape index (κ2) is 5.05. The van der Waals surface area contributed by atoms with Crippen LogP contribution >= 0.6 is 0 Å². The Hall–Kier alpha value is -1.09. The molecule has 0 aromatic carbocycles. The summed E-state index contributed by atoms with van der Waals surface area (Å²) in [5.74, 6) is 2.51. The van der Waals surface area contributed by atoms with E-state index in [4.69, 9.17) is 0 Å². The van der Waals surface area contributed by atoms with Crippen LogP contribution < -0.4 is 4.90 Å². The molecule has 1 N–H and O–H groups in total. The Bertz CT molecular complexity index is 376. The number of aromatic nitrogens is 1. The van der Waals surface area contributed by atoms with E-state index in [2.05, 4.69) is 23.7 Å². The molecule has 94 valence electrons. The molecule has 1 aliphatic rings. The first-order chi connectivity index (χ1) is 8.08. The molecule has 1 unspecified atom stereocenters. The van der Waals surface area contributed by atoms with Crippen LogP contribution in [0.3, 0.4) is 0 Å². The van der Waals surface area contributed by atoms with E-state index in [0.29, 0.717) is 0 Å². The maximum atomic E-state index is 9.58. The van der Waals surface area contributed by atoms with E-state index in [-0.39, 0.29) is 0 Å². The van der Waals surface area contributed by atoms with Gasteiger partial charge in [0.25, 0.3) is 0 Å². The maximum Gasteiger partial charge on any atom is 0.128 e. The van der Waals surface area contributed by atoms with Crippen LogP contribution in [0.4, 0.5) is 5.82 Å². The summed E-state index contributed by atoms with van der Waals surface area (Å²) in [4.78, 5) is 6.74. The lowest BCUT2D eigenvalue weighted by Gasteiger charge is -2.20. The van der Waals surface area contributed by atoms with E-state index in [0.717, 1.165) is 36.3 Å². The van der Waals surface area contributed by atoms with E-state index in [1.807, 2.05) is 12.1 Å². The Balaban J connectivity index is 2.11. The minimum atomic E-state index is -0.416. The van der Waals surface area contributed by atoms with Crippen LogP contribution in [-0.2, 0) is 0 Å². The average molecular weight is 234 g/mol. The lowest BCUT2D eigenvalue weighted by Crippen LogP contribution is -2.22. The SMILES string of the molecule is CC(C)C1CCN(c2cc([C@H](C)O)ccn2)C1. The largest absolute Gasteiger partial charge is 0.389 e. The van der Waals surface area contributed by atoms with Gasteiger partial charge >= 0.3 is 0 Å². The van der Waals surface area contributed by atoms with Crippen LogP contribution in [0.25, 0.3) is 0 Å². The molecule has 0 bridgehead atoms. The van der Waals surface area contributed by atoms with Gasteiger partial charge in [0.2, 0.25) is 0 Å². The quantitative estimate of drug-likeness (QED) is 0.873. The van der Waals surface area contributed by atoms with Crippen molar-refractivity contribution in [1.29, 1.82) is 0 Å². The first kappa shape index (κ1) is 12.4. The monoisotopic (exact) mass is 234 g/mol. The minimum Gasteiger partial charge on any atom is -0.389 e. The lowest BCUT2D eigenvalue weighted by molar-refractivity contribution is 0.199. The molecule has 3 nitrogen and oxygen atoms in total. The highest BCUT2D eigenvalue weighted by Gasteiger charge is 2.25. The van der Waals surface area contributed by atoms with Crippen LogP contribution in [0.5, 0.6) is 0 Å². The molecule has 2 rings (SSSR count). The second-order valence-corrected chi connectivity index (χ2v) is 5.36. The fraction of sp³-hybridized carbons (Fsp3) is 0.643. The van der Waals surface area contributed by atoms with Gasteiger partial charge < -0.3 is 10.0 Å².